The highest BCUT2D eigenvalue weighted by atomic mass is 16.1. The molecular formula is C44H70O3. The molecule has 0 fully saturated rings. The second kappa shape index (κ2) is 29.9. The molecule has 1 aromatic carbocycles. The molecule has 264 valence electrons. The van der Waals surface area contributed by atoms with Crippen LogP contribution in [0.1, 0.15) is 205 Å². The number of Topliss-reactive ketones (excluding diaryl/α,β-unsaturated/α-hetero) is 3. The van der Waals surface area contributed by atoms with Gasteiger partial charge in [-0.3, -0.25) is 14.4 Å². The van der Waals surface area contributed by atoms with E-state index in [1.165, 1.54) is 122 Å². The molecule has 47 heavy (non-hydrogen) atoms. The summed E-state index contributed by atoms with van der Waals surface area (Å²) in [5, 5.41) is 0. The number of carbonyl (C=O) groups excluding carboxylic acids is 3. The third kappa shape index (κ3) is 24.6. The lowest BCUT2D eigenvalue weighted by molar-refractivity contribution is -0.121. The van der Waals surface area contributed by atoms with Crippen molar-refractivity contribution in [1.29, 1.82) is 0 Å². The van der Waals surface area contributed by atoms with Crippen LogP contribution < -0.4 is 0 Å². The van der Waals surface area contributed by atoms with Gasteiger partial charge in [-0.2, -0.15) is 0 Å². The first-order valence-corrected chi connectivity index (χ1v) is 20.2. The minimum Gasteiger partial charge on any atom is -0.300 e. The number of hydrogen-bond donors (Lipinski definition) is 0. The molecule has 2 rings (SSSR count). The predicted molar refractivity (Wildman–Crippen MR) is 200 cm³/mol. The van der Waals surface area contributed by atoms with Crippen LogP contribution >= 0.6 is 0 Å². The van der Waals surface area contributed by atoms with Crippen LogP contribution in [0.25, 0.3) is 0 Å². The maximum absolute atomic E-state index is 12.8. The smallest absolute Gasteiger partial charge is 0.147 e. The van der Waals surface area contributed by atoms with Crippen molar-refractivity contribution in [2.45, 2.75) is 205 Å². The molecule has 3 nitrogen and oxygen atoms in total. The molecule has 0 bridgehead atoms. The first-order chi connectivity index (χ1) is 23.1. The fourth-order valence-electron chi connectivity index (χ4n) is 6.91. The zero-order valence-electron chi connectivity index (χ0n) is 30.3. The van der Waals surface area contributed by atoms with E-state index in [0.29, 0.717) is 36.6 Å². The van der Waals surface area contributed by atoms with Gasteiger partial charge in [-0.1, -0.05) is 165 Å². The summed E-state index contributed by atoms with van der Waals surface area (Å²) in [6, 6.07) is 10.1. The number of ketones is 3. The Morgan fingerprint density at radius 3 is 1.45 bits per heavy atom. The van der Waals surface area contributed by atoms with Gasteiger partial charge in [-0.05, 0) is 44.1 Å². The lowest BCUT2D eigenvalue weighted by Gasteiger charge is -2.11. The third-order valence-electron chi connectivity index (χ3n) is 9.99. The molecule has 0 saturated heterocycles. The normalized spacial score (nSPS) is 15.6. The third-order valence-corrected chi connectivity index (χ3v) is 9.99. The van der Waals surface area contributed by atoms with E-state index in [-0.39, 0.29) is 5.92 Å². The average Bonchev–Trinajstić information content (AvgIpc) is 3.06. The first-order valence-electron chi connectivity index (χ1n) is 20.2. The van der Waals surface area contributed by atoms with Gasteiger partial charge in [0.25, 0.3) is 0 Å². The van der Waals surface area contributed by atoms with E-state index in [4.69, 9.17) is 0 Å². The van der Waals surface area contributed by atoms with Gasteiger partial charge in [0.1, 0.15) is 17.3 Å². The minimum absolute atomic E-state index is 0.00594. The van der Waals surface area contributed by atoms with Crippen molar-refractivity contribution in [3.05, 3.63) is 35.9 Å². The van der Waals surface area contributed by atoms with Gasteiger partial charge in [0.2, 0.25) is 0 Å². The summed E-state index contributed by atoms with van der Waals surface area (Å²) in [6.07, 6.45) is 35.9. The lowest BCUT2D eigenvalue weighted by Crippen LogP contribution is -2.13. The SMILES string of the molecule is O=C(CCCCCCCCCCCC(=O)Cc1ccccc1)CCCCCCCCCCCC(=O)C1C#CCCCCCCCCC1. The Morgan fingerprint density at radius 2 is 0.915 bits per heavy atom. The molecule has 0 N–H and O–H groups in total. The van der Waals surface area contributed by atoms with E-state index < -0.39 is 0 Å². The van der Waals surface area contributed by atoms with Gasteiger partial charge < -0.3 is 0 Å². The predicted octanol–water partition coefficient (Wildman–Crippen LogP) is 12.7. The maximum atomic E-state index is 12.8. The summed E-state index contributed by atoms with van der Waals surface area (Å²) in [7, 11) is 0. The van der Waals surface area contributed by atoms with Crippen LogP contribution in [0.15, 0.2) is 30.3 Å². The van der Waals surface area contributed by atoms with Crippen LogP contribution in [0.2, 0.25) is 0 Å². The van der Waals surface area contributed by atoms with Crippen molar-refractivity contribution >= 4 is 17.3 Å². The molecule has 1 aromatic rings. The first kappa shape index (κ1) is 41.0. The fraction of sp³-hybridized carbons (Fsp3) is 0.750. The number of hydrogen-bond acceptors (Lipinski definition) is 3. The Bertz CT molecular complexity index is 984. The van der Waals surface area contributed by atoms with Crippen LogP contribution in [0.3, 0.4) is 0 Å². The van der Waals surface area contributed by atoms with Gasteiger partial charge in [0, 0.05) is 38.5 Å². The molecule has 0 aliphatic heterocycles. The van der Waals surface area contributed by atoms with Crippen molar-refractivity contribution in [3.8, 4) is 11.8 Å². The van der Waals surface area contributed by atoms with Gasteiger partial charge >= 0.3 is 0 Å². The highest BCUT2D eigenvalue weighted by molar-refractivity contribution is 5.83. The standard InChI is InChI=1S/C44H70O3/c45-42(35-27-18-12-6-2-8-14-20-29-37-43(46)39-40-31-23-22-24-32-40)36-28-19-13-7-3-9-15-21-30-38-44(47)41-33-25-16-10-4-1-5-11-17-26-34-41/h22-24,31-32,41H,1-21,25,27-30,33,35-39H2. The molecule has 1 unspecified atom stereocenters. The number of carbonyl (C=O) groups is 3. The zero-order chi connectivity index (χ0) is 33.5. The quantitative estimate of drug-likeness (QED) is 0.0706. The van der Waals surface area contributed by atoms with Crippen molar-refractivity contribution in [2.75, 3.05) is 0 Å². The van der Waals surface area contributed by atoms with Crippen LogP contribution in [0.4, 0.5) is 0 Å². The van der Waals surface area contributed by atoms with E-state index in [2.05, 4.69) is 11.8 Å². The van der Waals surface area contributed by atoms with Crippen molar-refractivity contribution in [3.63, 3.8) is 0 Å². The van der Waals surface area contributed by atoms with Gasteiger partial charge in [-0.15, -0.1) is 5.92 Å². The van der Waals surface area contributed by atoms with Gasteiger partial charge in [0.05, 0.1) is 5.92 Å². The molecule has 0 heterocycles. The van der Waals surface area contributed by atoms with E-state index in [1.54, 1.807) is 0 Å². The average molecular weight is 647 g/mol. The maximum Gasteiger partial charge on any atom is 0.147 e. The molecule has 0 aromatic heterocycles. The summed E-state index contributed by atoms with van der Waals surface area (Å²) >= 11 is 0. The Kier molecular flexibility index (Phi) is 26.1. The summed E-state index contributed by atoms with van der Waals surface area (Å²) in [5.41, 5.74) is 1.13. The number of rotatable bonds is 27. The second-order valence-electron chi connectivity index (χ2n) is 14.5. The molecule has 1 atom stereocenters. The molecule has 3 heteroatoms. The highest BCUT2D eigenvalue weighted by Gasteiger charge is 2.15. The zero-order valence-corrected chi connectivity index (χ0v) is 30.3. The highest BCUT2D eigenvalue weighted by Crippen LogP contribution is 2.19. The molecular weight excluding hydrogens is 576 g/mol. The van der Waals surface area contributed by atoms with Crippen molar-refractivity contribution in [2.24, 2.45) is 5.92 Å². The Morgan fingerprint density at radius 1 is 0.489 bits per heavy atom. The monoisotopic (exact) mass is 647 g/mol. The largest absolute Gasteiger partial charge is 0.300 e. The van der Waals surface area contributed by atoms with E-state index >= 15 is 0 Å². The molecule has 1 aliphatic carbocycles. The van der Waals surface area contributed by atoms with Crippen molar-refractivity contribution in [1.82, 2.24) is 0 Å². The van der Waals surface area contributed by atoms with Crippen molar-refractivity contribution < 1.29 is 14.4 Å². The summed E-state index contributed by atoms with van der Waals surface area (Å²) < 4.78 is 0. The topological polar surface area (TPSA) is 51.2 Å². The van der Waals surface area contributed by atoms with Crippen LogP contribution in [-0.2, 0) is 20.8 Å². The van der Waals surface area contributed by atoms with E-state index in [0.717, 1.165) is 69.8 Å². The number of benzene rings is 1. The Labute approximate surface area is 290 Å². The van der Waals surface area contributed by atoms with Gasteiger partial charge in [0.15, 0.2) is 0 Å². The summed E-state index contributed by atoms with van der Waals surface area (Å²) in [5.74, 6) is 7.86. The lowest BCUT2D eigenvalue weighted by atomic mass is 9.92. The van der Waals surface area contributed by atoms with Gasteiger partial charge in [-0.25, -0.2) is 0 Å². The Hall–Kier alpha value is -2.21. The van der Waals surface area contributed by atoms with Crippen LogP contribution in [0.5, 0.6) is 0 Å². The van der Waals surface area contributed by atoms with Crippen LogP contribution in [0, 0.1) is 17.8 Å². The molecule has 0 radical (unpaired) electrons. The summed E-state index contributed by atoms with van der Waals surface area (Å²) in [4.78, 5) is 37.1. The second-order valence-corrected chi connectivity index (χ2v) is 14.5. The van der Waals surface area contributed by atoms with E-state index in [1.807, 2.05) is 30.3 Å². The molecule has 0 spiro atoms. The van der Waals surface area contributed by atoms with Crippen LogP contribution in [-0.4, -0.2) is 17.3 Å². The molecule has 0 amide bonds. The summed E-state index contributed by atoms with van der Waals surface area (Å²) in [6.45, 7) is 0. The minimum atomic E-state index is -0.00594. The Balaban J connectivity index is 1.29. The fourth-order valence-corrected chi connectivity index (χ4v) is 6.91. The number of unbranched alkanes of at least 4 members (excludes halogenated alkanes) is 16. The molecule has 1 aliphatic rings. The molecule has 0 saturated carbocycles. The van der Waals surface area contributed by atoms with E-state index in [9.17, 15) is 14.4 Å².